The molecule has 2 N–H and O–H groups in total. The fourth-order valence-electron chi connectivity index (χ4n) is 2.59. The van der Waals surface area contributed by atoms with E-state index in [9.17, 15) is 9.59 Å². The lowest BCUT2D eigenvalue weighted by Gasteiger charge is -2.32. The van der Waals surface area contributed by atoms with Crippen molar-refractivity contribution in [2.75, 3.05) is 59.9 Å². The lowest BCUT2D eigenvalue weighted by molar-refractivity contribution is -0.119. The fourth-order valence-corrected chi connectivity index (χ4v) is 2.59. The molecule has 1 rings (SSSR count). The molecule has 0 bridgehead atoms. The van der Waals surface area contributed by atoms with Gasteiger partial charge in [0.25, 0.3) is 0 Å². The summed E-state index contributed by atoms with van der Waals surface area (Å²) in [4.78, 5) is 25.7. The van der Waals surface area contributed by atoms with E-state index in [0.29, 0.717) is 6.54 Å². The molecule has 0 aromatic carbocycles. The van der Waals surface area contributed by atoms with Crippen LogP contribution in [0.3, 0.4) is 0 Å². The van der Waals surface area contributed by atoms with Crippen molar-refractivity contribution in [3.05, 3.63) is 0 Å². The molecule has 6 nitrogen and oxygen atoms in total. The molecule has 1 heterocycles. The third-order valence-electron chi connectivity index (χ3n) is 4.25. The van der Waals surface area contributed by atoms with Crippen LogP contribution < -0.4 is 10.6 Å². The van der Waals surface area contributed by atoms with Crippen molar-refractivity contribution in [2.24, 2.45) is 0 Å². The van der Waals surface area contributed by atoms with Gasteiger partial charge in [0.15, 0.2) is 0 Å². The van der Waals surface area contributed by atoms with Crippen LogP contribution in [0.15, 0.2) is 0 Å². The van der Waals surface area contributed by atoms with E-state index in [2.05, 4.69) is 27.4 Å². The Kier molecular flexibility index (Phi) is 39.1. The van der Waals surface area contributed by atoms with Gasteiger partial charge in [-0.05, 0) is 47.0 Å². The van der Waals surface area contributed by atoms with Crippen LogP contribution in [-0.4, -0.2) is 87.8 Å². The molecule has 0 saturated carbocycles. The molecular weight excluding hydrogens is 364 g/mol. The third-order valence-corrected chi connectivity index (χ3v) is 4.25. The summed E-state index contributed by atoms with van der Waals surface area (Å²) in [6.45, 7) is 22.9. The number of piperazine rings is 1. The molecule has 1 aliphatic heterocycles. The maximum atomic E-state index is 11.0. The summed E-state index contributed by atoms with van der Waals surface area (Å²) in [6, 6.07) is 0.0573. The number of nitrogens with one attached hydrogen (secondary N) is 2. The van der Waals surface area contributed by atoms with Gasteiger partial charge in [-0.1, -0.05) is 54.9 Å². The maximum Gasteiger partial charge on any atom is 0.146 e. The number of hydrogen-bond donors (Lipinski definition) is 2. The minimum atomic E-state index is 0.0573. The number of aldehydes is 1. The Balaban J connectivity index is -0.000000171. The highest BCUT2D eigenvalue weighted by molar-refractivity contribution is 5.81. The SMILES string of the molecule is CC.CC.CC.CCN1CCN(CC=O)CC1.CNCCCCC(NC)C(C)=O. The van der Waals surface area contributed by atoms with E-state index >= 15 is 0 Å². The van der Waals surface area contributed by atoms with Crippen molar-refractivity contribution in [2.45, 2.75) is 80.7 Å². The highest BCUT2D eigenvalue weighted by Crippen LogP contribution is 2.00. The number of unbranched alkanes of at least 4 members (excludes halogenated alkanes) is 1. The van der Waals surface area contributed by atoms with Gasteiger partial charge >= 0.3 is 0 Å². The van der Waals surface area contributed by atoms with E-state index in [4.69, 9.17) is 0 Å². The number of hydrogen-bond acceptors (Lipinski definition) is 6. The summed E-state index contributed by atoms with van der Waals surface area (Å²) in [7, 11) is 3.78. The number of nitrogens with zero attached hydrogens (tertiary/aromatic N) is 2. The van der Waals surface area contributed by atoms with Crippen LogP contribution in [-0.2, 0) is 9.59 Å². The first-order chi connectivity index (χ1) is 14.1. The second-order valence-corrected chi connectivity index (χ2v) is 5.95. The molecule has 0 radical (unpaired) electrons. The zero-order valence-electron chi connectivity index (χ0n) is 21.4. The van der Waals surface area contributed by atoms with E-state index in [1.807, 2.05) is 55.6 Å². The molecule has 0 aliphatic carbocycles. The first kappa shape index (κ1) is 35.6. The van der Waals surface area contributed by atoms with Gasteiger partial charge in [-0.25, -0.2) is 0 Å². The van der Waals surface area contributed by atoms with E-state index < -0.39 is 0 Å². The average molecular weight is 419 g/mol. The van der Waals surface area contributed by atoms with Crippen molar-refractivity contribution >= 4 is 12.1 Å². The van der Waals surface area contributed by atoms with Gasteiger partial charge in [-0.3, -0.25) is 9.69 Å². The summed E-state index contributed by atoms with van der Waals surface area (Å²) in [5, 5.41) is 6.09. The van der Waals surface area contributed by atoms with Crippen molar-refractivity contribution in [3.63, 3.8) is 0 Å². The minimum absolute atomic E-state index is 0.0573. The zero-order valence-corrected chi connectivity index (χ0v) is 21.4. The Hall–Kier alpha value is -0.820. The van der Waals surface area contributed by atoms with Gasteiger partial charge in [0, 0.05) is 26.2 Å². The molecule has 1 saturated heterocycles. The molecule has 29 heavy (non-hydrogen) atoms. The van der Waals surface area contributed by atoms with Crippen molar-refractivity contribution < 1.29 is 9.59 Å². The zero-order chi connectivity index (χ0) is 23.5. The first-order valence-electron chi connectivity index (χ1n) is 11.8. The lowest BCUT2D eigenvalue weighted by Crippen LogP contribution is -2.46. The lowest BCUT2D eigenvalue weighted by atomic mass is 10.1. The number of carbonyl (C=O) groups excluding carboxylic acids is 2. The van der Waals surface area contributed by atoms with E-state index in [-0.39, 0.29) is 11.8 Å². The Morgan fingerprint density at radius 3 is 1.76 bits per heavy atom. The van der Waals surface area contributed by atoms with E-state index in [1.165, 1.54) is 0 Å². The van der Waals surface area contributed by atoms with Crippen LogP contribution in [0.5, 0.6) is 0 Å². The van der Waals surface area contributed by atoms with Gasteiger partial charge in [-0.15, -0.1) is 0 Å². The van der Waals surface area contributed by atoms with Crippen LogP contribution in [0.4, 0.5) is 0 Å². The molecule has 0 amide bonds. The Morgan fingerprint density at radius 1 is 0.931 bits per heavy atom. The number of ketones is 1. The summed E-state index contributed by atoms with van der Waals surface area (Å²) >= 11 is 0. The molecule has 1 aliphatic rings. The topological polar surface area (TPSA) is 64.7 Å². The fraction of sp³-hybridized carbons (Fsp3) is 0.913. The van der Waals surface area contributed by atoms with Crippen molar-refractivity contribution in [1.82, 2.24) is 20.4 Å². The van der Waals surface area contributed by atoms with Gasteiger partial charge in [0.1, 0.15) is 12.1 Å². The predicted molar refractivity (Wildman–Crippen MR) is 130 cm³/mol. The first-order valence-corrected chi connectivity index (χ1v) is 11.8. The standard InChI is InChI=1S/C9H20N2O.C8H16N2O.3C2H6/c1-8(12)9(11-3)6-4-5-7-10-2;1-2-9-3-5-10(6-4-9)7-8-11;3*1-2/h9-11H,4-7H2,1-3H3;8H,2-7H2,1H3;3*1-2H3. The smallest absolute Gasteiger partial charge is 0.146 e. The average Bonchev–Trinajstić information content (AvgIpc) is 2.79. The quantitative estimate of drug-likeness (QED) is 0.418. The molecule has 1 fully saturated rings. The second-order valence-electron chi connectivity index (χ2n) is 5.95. The molecule has 1 atom stereocenters. The summed E-state index contributed by atoms with van der Waals surface area (Å²) in [5.41, 5.74) is 0. The normalized spacial score (nSPS) is 14.3. The van der Waals surface area contributed by atoms with Gasteiger partial charge in [0.2, 0.25) is 0 Å². The maximum absolute atomic E-state index is 11.0. The minimum Gasteiger partial charge on any atom is -0.320 e. The van der Waals surface area contributed by atoms with Gasteiger partial charge < -0.3 is 20.3 Å². The number of carbonyl (C=O) groups is 2. The van der Waals surface area contributed by atoms with Crippen LogP contribution in [0.25, 0.3) is 0 Å². The van der Waals surface area contributed by atoms with Gasteiger partial charge in [0.05, 0.1) is 12.6 Å². The molecule has 6 heteroatoms. The van der Waals surface area contributed by atoms with Gasteiger partial charge in [-0.2, -0.15) is 0 Å². The molecule has 0 spiro atoms. The Labute approximate surface area is 183 Å². The number of rotatable bonds is 10. The predicted octanol–water partition coefficient (Wildman–Crippen LogP) is 3.45. The van der Waals surface area contributed by atoms with E-state index in [0.717, 1.165) is 64.8 Å². The molecule has 0 aromatic heterocycles. The van der Waals surface area contributed by atoms with Crippen LogP contribution in [0.1, 0.15) is 74.7 Å². The third kappa shape index (κ3) is 25.1. The second kappa shape index (κ2) is 31.9. The van der Waals surface area contributed by atoms with Crippen LogP contribution in [0, 0.1) is 0 Å². The highest BCUT2D eigenvalue weighted by Gasteiger charge is 2.13. The molecular formula is C23H54N4O2. The largest absolute Gasteiger partial charge is 0.320 e. The molecule has 178 valence electrons. The Bertz CT molecular complexity index is 307. The monoisotopic (exact) mass is 418 g/mol. The highest BCUT2D eigenvalue weighted by atomic mass is 16.1. The molecule has 1 unspecified atom stereocenters. The number of Topliss-reactive ketones (excluding diaryl/α,β-unsaturated/α-hetero) is 1. The van der Waals surface area contributed by atoms with Crippen LogP contribution in [0.2, 0.25) is 0 Å². The van der Waals surface area contributed by atoms with Crippen LogP contribution >= 0.6 is 0 Å². The summed E-state index contributed by atoms with van der Waals surface area (Å²) in [5.74, 6) is 0.238. The summed E-state index contributed by atoms with van der Waals surface area (Å²) in [6.07, 6.45) is 4.18. The van der Waals surface area contributed by atoms with Crippen molar-refractivity contribution in [1.29, 1.82) is 0 Å². The van der Waals surface area contributed by atoms with Crippen molar-refractivity contribution in [3.8, 4) is 0 Å². The number of likely N-dealkylation sites (N-methyl/N-ethyl adjacent to an activating group) is 2. The van der Waals surface area contributed by atoms with E-state index in [1.54, 1.807) is 6.92 Å². The Morgan fingerprint density at radius 2 is 1.41 bits per heavy atom. The summed E-state index contributed by atoms with van der Waals surface area (Å²) < 4.78 is 0. The molecule has 0 aromatic rings.